The number of nitrogens with zero attached hydrogens (tertiary/aromatic N) is 1. The van der Waals surface area contributed by atoms with Crippen molar-refractivity contribution in [1.82, 2.24) is 4.98 Å². The van der Waals surface area contributed by atoms with Gasteiger partial charge in [0.25, 0.3) is 0 Å². The summed E-state index contributed by atoms with van der Waals surface area (Å²) in [6, 6.07) is 5.75. The SMILES string of the molecule is COCc1cc(NN)c2cc(C)cc(Cl)c2n1. The van der Waals surface area contributed by atoms with Crippen LogP contribution in [0.25, 0.3) is 10.9 Å². The number of rotatable bonds is 3. The van der Waals surface area contributed by atoms with E-state index in [2.05, 4.69) is 10.4 Å². The van der Waals surface area contributed by atoms with E-state index in [1.807, 2.05) is 25.1 Å². The van der Waals surface area contributed by atoms with Crippen LogP contribution in [0.1, 0.15) is 11.3 Å². The number of anilines is 1. The molecule has 2 rings (SSSR count). The summed E-state index contributed by atoms with van der Waals surface area (Å²) in [5, 5.41) is 1.53. The second-order valence-corrected chi connectivity index (χ2v) is 4.29. The summed E-state index contributed by atoms with van der Waals surface area (Å²) in [7, 11) is 1.62. The summed E-state index contributed by atoms with van der Waals surface area (Å²) in [6.07, 6.45) is 0. The van der Waals surface area contributed by atoms with Crippen LogP contribution in [0, 0.1) is 6.92 Å². The minimum Gasteiger partial charge on any atom is -0.378 e. The Morgan fingerprint density at radius 3 is 2.82 bits per heavy atom. The molecule has 0 saturated carbocycles. The second-order valence-electron chi connectivity index (χ2n) is 3.88. The minimum absolute atomic E-state index is 0.425. The van der Waals surface area contributed by atoms with E-state index in [9.17, 15) is 0 Å². The van der Waals surface area contributed by atoms with E-state index in [0.717, 1.165) is 27.8 Å². The van der Waals surface area contributed by atoms with Crippen LogP contribution in [-0.4, -0.2) is 12.1 Å². The van der Waals surface area contributed by atoms with Gasteiger partial charge in [0.15, 0.2) is 0 Å². The maximum atomic E-state index is 6.19. The van der Waals surface area contributed by atoms with Gasteiger partial charge in [0.2, 0.25) is 0 Å². The molecule has 0 aliphatic heterocycles. The average molecular weight is 252 g/mol. The largest absolute Gasteiger partial charge is 0.378 e. The molecule has 0 radical (unpaired) electrons. The van der Waals surface area contributed by atoms with Gasteiger partial charge in [0.1, 0.15) is 0 Å². The zero-order valence-electron chi connectivity index (χ0n) is 9.75. The summed E-state index contributed by atoms with van der Waals surface area (Å²) in [5.41, 5.74) is 6.06. The van der Waals surface area contributed by atoms with Crippen molar-refractivity contribution in [2.45, 2.75) is 13.5 Å². The van der Waals surface area contributed by atoms with E-state index in [4.69, 9.17) is 22.2 Å². The Hall–Kier alpha value is -1.36. The van der Waals surface area contributed by atoms with E-state index < -0.39 is 0 Å². The number of pyridine rings is 1. The molecule has 90 valence electrons. The molecule has 4 nitrogen and oxygen atoms in total. The summed E-state index contributed by atoms with van der Waals surface area (Å²) < 4.78 is 5.07. The number of benzene rings is 1. The molecule has 0 bridgehead atoms. The maximum absolute atomic E-state index is 6.19. The van der Waals surface area contributed by atoms with Crippen molar-refractivity contribution in [2.75, 3.05) is 12.5 Å². The highest BCUT2D eigenvalue weighted by Crippen LogP contribution is 2.29. The molecule has 2 aromatic rings. The molecule has 0 fully saturated rings. The van der Waals surface area contributed by atoms with Gasteiger partial charge in [0.05, 0.1) is 28.5 Å². The highest BCUT2D eigenvalue weighted by atomic mass is 35.5. The van der Waals surface area contributed by atoms with Crippen molar-refractivity contribution in [3.05, 3.63) is 34.5 Å². The number of aryl methyl sites for hydroxylation is 1. The molecular weight excluding hydrogens is 238 g/mol. The summed E-state index contributed by atoms with van der Waals surface area (Å²) in [6.45, 7) is 2.41. The molecule has 0 amide bonds. The Kier molecular flexibility index (Phi) is 3.47. The first kappa shape index (κ1) is 12.1. The van der Waals surface area contributed by atoms with Crippen molar-refractivity contribution in [3.63, 3.8) is 0 Å². The van der Waals surface area contributed by atoms with Crippen molar-refractivity contribution in [2.24, 2.45) is 5.84 Å². The number of halogens is 1. The predicted octanol–water partition coefficient (Wildman–Crippen LogP) is 2.63. The van der Waals surface area contributed by atoms with Crippen molar-refractivity contribution in [3.8, 4) is 0 Å². The summed E-state index contributed by atoms with van der Waals surface area (Å²) in [4.78, 5) is 4.46. The molecule has 5 heteroatoms. The Labute approximate surface area is 105 Å². The van der Waals surface area contributed by atoms with Gasteiger partial charge in [-0.2, -0.15) is 0 Å². The fourth-order valence-electron chi connectivity index (χ4n) is 1.82. The predicted molar refractivity (Wildman–Crippen MR) is 70.0 cm³/mol. The van der Waals surface area contributed by atoms with Crippen LogP contribution in [-0.2, 0) is 11.3 Å². The lowest BCUT2D eigenvalue weighted by molar-refractivity contribution is 0.182. The molecule has 3 N–H and O–H groups in total. The number of nitrogens with two attached hydrogens (primary N) is 1. The van der Waals surface area contributed by atoms with Crippen LogP contribution in [0.2, 0.25) is 5.02 Å². The number of ether oxygens (including phenoxy) is 1. The molecule has 1 aromatic heterocycles. The van der Waals surface area contributed by atoms with Crippen molar-refractivity contribution >= 4 is 28.2 Å². The number of aromatic nitrogens is 1. The van der Waals surface area contributed by atoms with Crippen LogP contribution >= 0.6 is 11.6 Å². The lowest BCUT2D eigenvalue weighted by atomic mass is 10.1. The molecule has 17 heavy (non-hydrogen) atoms. The van der Waals surface area contributed by atoms with E-state index in [-0.39, 0.29) is 0 Å². The van der Waals surface area contributed by atoms with Crippen LogP contribution in [0.3, 0.4) is 0 Å². The molecule has 0 aliphatic carbocycles. The molecule has 0 saturated heterocycles. The van der Waals surface area contributed by atoms with Gasteiger partial charge < -0.3 is 10.2 Å². The zero-order chi connectivity index (χ0) is 12.4. The topological polar surface area (TPSA) is 60.2 Å². The normalized spacial score (nSPS) is 10.8. The van der Waals surface area contributed by atoms with Gasteiger partial charge in [-0.15, -0.1) is 0 Å². The lowest BCUT2D eigenvalue weighted by Gasteiger charge is -2.10. The fourth-order valence-corrected chi connectivity index (χ4v) is 2.13. The number of hydrazine groups is 1. The third kappa shape index (κ3) is 2.34. The number of nitrogen functional groups attached to an aromatic ring is 1. The number of nitrogens with one attached hydrogen (secondary N) is 1. The van der Waals surface area contributed by atoms with Crippen LogP contribution < -0.4 is 11.3 Å². The highest BCUT2D eigenvalue weighted by molar-refractivity contribution is 6.35. The molecule has 0 spiro atoms. The summed E-state index contributed by atoms with van der Waals surface area (Å²) in [5.74, 6) is 5.52. The Morgan fingerprint density at radius 2 is 2.18 bits per heavy atom. The van der Waals surface area contributed by atoms with Crippen LogP contribution in [0.5, 0.6) is 0 Å². The third-order valence-corrected chi connectivity index (χ3v) is 2.80. The van der Waals surface area contributed by atoms with Crippen molar-refractivity contribution in [1.29, 1.82) is 0 Å². The monoisotopic (exact) mass is 251 g/mol. The van der Waals surface area contributed by atoms with Gasteiger partial charge in [-0.25, -0.2) is 4.98 Å². The average Bonchev–Trinajstić information content (AvgIpc) is 2.29. The first-order valence-electron chi connectivity index (χ1n) is 5.21. The molecular formula is C12H14ClN3O. The van der Waals surface area contributed by atoms with E-state index in [1.54, 1.807) is 7.11 Å². The smallest absolute Gasteiger partial charge is 0.0913 e. The molecule has 1 heterocycles. The molecule has 0 aliphatic rings. The lowest BCUT2D eigenvalue weighted by Crippen LogP contribution is -2.09. The second kappa shape index (κ2) is 4.87. The highest BCUT2D eigenvalue weighted by Gasteiger charge is 2.09. The number of methoxy groups -OCH3 is 1. The van der Waals surface area contributed by atoms with Gasteiger partial charge >= 0.3 is 0 Å². The molecule has 1 aromatic carbocycles. The van der Waals surface area contributed by atoms with E-state index >= 15 is 0 Å². The first-order chi connectivity index (χ1) is 8.15. The quantitative estimate of drug-likeness (QED) is 0.650. The van der Waals surface area contributed by atoms with E-state index in [0.29, 0.717) is 11.6 Å². The number of hydrogen-bond donors (Lipinski definition) is 2. The first-order valence-corrected chi connectivity index (χ1v) is 5.59. The number of hydrogen-bond acceptors (Lipinski definition) is 4. The maximum Gasteiger partial charge on any atom is 0.0913 e. The standard InChI is InChI=1S/C12H14ClN3O/c1-7-3-9-11(16-14)5-8(6-17-2)15-12(9)10(13)4-7/h3-5H,6,14H2,1-2H3,(H,15,16). The zero-order valence-corrected chi connectivity index (χ0v) is 10.5. The Morgan fingerprint density at radius 1 is 1.41 bits per heavy atom. The Bertz CT molecular complexity index is 557. The van der Waals surface area contributed by atoms with Gasteiger partial charge in [-0.1, -0.05) is 11.6 Å². The Balaban J connectivity index is 2.73. The number of fused-ring (bicyclic) bond motifs is 1. The van der Waals surface area contributed by atoms with Gasteiger partial charge in [-0.3, -0.25) is 5.84 Å². The van der Waals surface area contributed by atoms with Gasteiger partial charge in [0, 0.05) is 12.5 Å². The minimum atomic E-state index is 0.425. The summed E-state index contributed by atoms with van der Waals surface area (Å²) >= 11 is 6.19. The third-order valence-electron chi connectivity index (χ3n) is 2.51. The van der Waals surface area contributed by atoms with Crippen LogP contribution in [0.15, 0.2) is 18.2 Å². The van der Waals surface area contributed by atoms with E-state index in [1.165, 1.54) is 0 Å². The van der Waals surface area contributed by atoms with Gasteiger partial charge in [-0.05, 0) is 30.7 Å². The molecule has 0 atom stereocenters. The van der Waals surface area contributed by atoms with Crippen molar-refractivity contribution < 1.29 is 4.74 Å². The van der Waals surface area contributed by atoms with Crippen LogP contribution in [0.4, 0.5) is 5.69 Å². The molecule has 0 unspecified atom stereocenters. The fraction of sp³-hybridized carbons (Fsp3) is 0.250.